The van der Waals surface area contributed by atoms with Gasteiger partial charge in [0.25, 0.3) is 0 Å². The molecule has 0 saturated heterocycles. The van der Waals surface area contributed by atoms with E-state index < -0.39 is 12.1 Å². The third-order valence-corrected chi connectivity index (χ3v) is 5.06. The van der Waals surface area contributed by atoms with E-state index in [1.54, 1.807) is 0 Å². The molecule has 0 amide bonds. The van der Waals surface area contributed by atoms with Crippen LogP contribution in [0.4, 0.5) is 13.2 Å². The van der Waals surface area contributed by atoms with Gasteiger partial charge in [0.1, 0.15) is 0 Å². The first-order chi connectivity index (χ1) is 8.86. The molecule has 1 aromatic rings. The van der Waals surface area contributed by atoms with Crippen molar-refractivity contribution in [3.63, 3.8) is 0 Å². The highest BCUT2D eigenvalue weighted by molar-refractivity contribution is 7.16. The number of thiophene rings is 1. The monoisotopic (exact) mass is 311 g/mol. The third kappa shape index (κ3) is 4.10. The van der Waals surface area contributed by atoms with Gasteiger partial charge < -0.3 is 5.32 Å². The molecule has 1 N–H and O–H groups in total. The Hall–Kier alpha value is -0.260. The zero-order chi connectivity index (χ0) is 14.0. The molecule has 3 unspecified atom stereocenters. The van der Waals surface area contributed by atoms with Crippen molar-refractivity contribution in [1.29, 1.82) is 0 Å². The van der Waals surface area contributed by atoms with Crippen molar-refractivity contribution in [3.05, 3.63) is 21.3 Å². The molecule has 1 nitrogen and oxygen atoms in total. The maximum Gasteiger partial charge on any atom is 0.391 e. The van der Waals surface area contributed by atoms with Crippen LogP contribution in [0.2, 0.25) is 4.34 Å². The van der Waals surface area contributed by atoms with Crippen LogP contribution in [0.5, 0.6) is 0 Å². The summed E-state index contributed by atoms with van der Waals surface area (Å²) in [5, 5.41) is 3.30. The van der Waals surface area contributed by atoms with E-state index in [9.17, 15) is 13.2 Å². The highest BCUT2D eigenvalue weighted by Crippen LogP contribution is 2.38. The lowest BCUT2D eigenvalue weighted by Gasteiger charge is -2.32. The molecule has 19 heavy (non-hydrogen) atoms. The maximum atomic E-state index is 12.7. The average Bonchev–Trinajstić information content (AvgIpc) is 2.75. The first-order valence-electron chi connectivity index (χ1n) is 6.44. The molecule has 108 valence electrons. The number of hydrogen-bond donors (Lipinski definition) is 1. The van der Waals surface area contributed by atoms with Crippen LogP contribution in [-0.4, -0.2) is 12.2 Å². The first kappa shape index (κ1) is 15.1. The van der Waals surface area contributed by atoms with Gasteiger partial charge in [-0.15, -0.1) is 11.3 Å². The summed E-state index contributed by atoms with van der Waals surface area (Å²) in [6.07, 6.45) is -2.15. The Bertz CT molecular complexity index is 418. The summed E-state index contributed by atoms with van der Waals surface area (Å²) in [6.45, 7) is 1.97. The van der Waals surface area contributed by atoms with Crippen molar-refractivity contribution in [1.82, 2.24) is 5.32 Å². The van der Waals surface area contributed by atoms with E-state index in [-0.39, 0.29) is 24.9 Å². The van der Waals surface area contributed by atoms with Crippen molar-refractivity contribution in [2.75, 3.05) is 0 Å². The largest absolute Gasteiger partial charge is 0.391 e. The predicted octanol–water partition coefficient (Wildman–Crippen LogP) is 5.17. The molecule has 1 fully saturated rings. The molecular formula is C13H17ClF3NS. The van der Waals surface area contributed by atoms with Crippen molar-refractivity contribution >= 4 is 22.9 Å². The van der Waals surface area contributed by atoms with E-state index in [0.717, 1.165) is 11.3 Å². The molecule has 1 heterocycles. The van der Waals surface area contributed by atoms with Gasteiger partial charge in [-0.25, -0.2) is 0 Å². The van der Waals surface area contributed by atoms with Crippen LogP contribution in [0.3, 0.4) is 0 Å². The molecule has 0 aliphatic heterocycles. The van der Waals surface area contributed by atoms with Crippen LogP contribution < -0.4 is 5.32 Å². The fraction of sp³-hybridized carbons (Fsp3) is 0.692. The lowest BCUT2D eigenvalue weighted by atomic mass is 9.85. The molecule has 0 bridgehead atoms. The molecule has 0 radical (unpaired) electrons. The van der Waals surface area contributed by atoms with Gasteiger partial charge in [-0.05, 0) is 38.3 Å². The minimum Gasteiger partial charge on any atom is -0.307 e. The topological polar surface area (TPSA) is 12.0 Å². The predicted molar refractivity (Wildman–Crippen MR) is 72.7 cm³/mol. The van der Waals surface area contributed by atoms with Gasteiger partial charge >= 0.3 is 6.18 Å². The average molecular weight is 312 g/mol. The second kappa shape index (κ2) is 6.02. The van der Waals surface area contributed by atoms with E-state index >= 15 is 0 Å². The minimum absolute atomic E-state index is 0.0504. The SMILES string of the molecule is CC(NC1CCCC(C(F)(F)F)C1)c1ccc(Cl)s1. The molecule has 1 saturated carbocycles. The van der Waals surface area contributed by atoms with Gasteiger partial charge in [0.2, 0.25) is 0 Å². The van der Waals surface area contributed by atoms with Gasteiger partial charge in [-0.3, -0.25) is 0 Å². The van der Waals surface area contributed by atoms with Crippen molar-refractivity contribution in [2.45, 2.75) is 50.9 Å². The summed E-state index contributed by atoms with van der Waals surface area (Å²) in [7, 11) is 0. The zero-order valence-electron chi connectivity index (χ0n) is 10.6. The van der Waals surface area contributed by atoms with Crippen LogP contribution >= 0.6 is 22.9 Å². The molecule has 0 aromatic carbocycles. The van der Waals surface area contributed by atoms with Crippen molar-refractivity contribution in [2.24, 2.45) is 5.92 Å². The van der Waals surface area contributed by atoms with Gasteiger partial charge in [0.15, 0.2) is 0 Å². The Balaban J connectivity index is 1.92. The summed E-state index contributed by atoms with van der Waals surface area (Å²) in [5.41, 5.74) is 0. The maximum absolute atomic E-state index is 12.7. The van der Waals surface area contributed by atoms with Crippen molar-refractivity contribution < 1.29 is 13.2 Å². The van der Waals surface area contributed by atoms with E-state index in [4.69, 9.17) is 11.6 Å². The van der Waals surface area contributed by atoms with Gasteiger partial charge in [-0.2, -0.15) is 13.2 Å². The summed E-state index contributed by atoms with van der Waals surface area (Å²) >= 11 is 7.34. The summed E-state index contributed by atoms with van der Waals surface area (Å²) in [4.78, 5) is 1.07. The lowest BCUT2D eigenvalue weighted by Crippen LogP contribution is -2.39. The van der Waals surface area contributed by atoms with Crippen LogP contribution in [0.25, 0.3) is 0 Å². The van der Waals surface area contributed by atoms with E-state index in [2.05, 4.69) is 5.32 Å². The van der Waals surface area contributed by atoms with Crippen LogP contribution in [0, 0.1) is 5.92 Å². The van der Waals surface area contributed by atoms with Crippen LogP contribution in [0.1, 0.15) is 43.5 Å². The summed E-state index contributed by atoms with van der Waals surface area (Å²) < 4.78 is 38.9. The molecule has 2 rings (SSSR count). The van der Waals surface area contributed by atoms with E-state index in [1.165, 1.54) is 11.3 Å². The zero-order valence-corrected chi connectivity index (χ0v) is 12.2. The molecule has 1 aliphatic rings. The highest BCUT2D eigenvalue weighted by atomic mass is 35.5. The Morgan fingerprint density at radius 2 is 2.11 bits per heavy atom. The molecular weight excluding hydrogens is 295 g/mol. The van der Waals surface area contributed by atoms with Gasteiger partial charge in [0.05, 0.1) is 10.3 Å². The van der Waals surface area contributed by atoms with Crippen LogP contribution in [0.15, 0.2) is 12.1 Å². The molecule has 0 spiro atoms. The van der Waals surface area contributed by atoms with Crippen LogP contribution in [-0.2, 0) is 0 Å². The second-order valence-corrected chi connectivity index (χ2v) is 6.88. The Kier molecular flexibility index (Phi) is 4.79. The quantitative estimate of drug-likeness (QED) is 0.811. The second-order valence-electron chi connectivity index (χ2n) is 5.13. The van der Waals surface area contributed by atoms with Gasteiger partial charge in [0, 0.05) is 17.0 Å². The Morgan fingerprint density at radius 3 is 2.68 bits per heavy atom. The fourth-order valence-corrected chi connectivity index (χ4v) is 3.71. The van der Waals surface area contributed by atoms with Gasteiger partial charge in [-0.1, -0.05) is 18.0 Å². The highest BCUT2D eigenvalue weighted by Gasteiger charge is 2.42. The number of alkyl halides is 3. The summed E-state index contributed by atoms with van der Waals surface area (Å²) in [5.74, 6) is -1.15. The van der Waals surface area contributed by atoms with E-state index in [0.29, 0.717) is 10.8 Å². The molecule has 3 atom stereocenters. The lowest BCUT2D eigenvalue weighted by molar-refractivity contribution is -0.183. The fourth-order valence-electron chi connectivity index (χ4n) is 2.64. The molecule has 1 aromatic heterocycles. The van der Waals surface area contributed by atoms with E-state index in [1.807, 2.05) is 19.1 Å². The van der Waals surface area contributed by atoms with Crippen molar-refractivity contribution in [3.8, 4) is 0 Å². The molecule has 6 heteroatoms. The smallest absolute Gasteiger partial charge is 0.307 e. The minimum atomic E-state index is -4.06. The normalized spacial score (nSPS) is 26.4. The number of halogens is 4. The first-order valence-corrected chi connectivity index (χ1v) is 7.63. The number of rotatable bonds is 3. The molecule has 1 aliphatic carbocycles. The number of hydrogen-bond acceptors (Lipinski definition) is 2. The number of nitrogens with one attached hydrogen (secondary N) is 1. The summed E-state index contributed by atoms with van der Waals surface area (Å²) in [6, 6.07) is 3.74. The third-order valence-electron chi connectivity index (χ3n) is 3.64. The Labute approximate surface area is 120 Å². The Morgan fingerprint density at radius 1 is 1.37 bits per heavy atom. The standard InChI is InChI=1S/C13H17ClF3NS/c1-8(11-5-6-12(14)19-11)18-10-4-2-3-9(7-10)13(15,16)17/h5-6,8-10,18H,2-4,7H2,1H3.